The number of carbonyl (C=O) groups is 1. The molecule has 2 bridgehead atoms. The zero-order valence-electron chi connectivity index (χ0n) is 9.08. The van der Waals surface area contributed by atoms with Gasteiger partial charge >= 0.3 is 5.97 Å². The summed E-state index contributed by atoms with van der Waals surface area (Å²) in [6, 6.07) is 0. The molecule has 0 aromatic carbocycles. The number of hydrogen-bond donors (Lipinski definition) is 1. The van der Waals surface area contributed by atoms with E-state index in [0.29, 0.717) is 5.92 Å². The van der Waals surface area contributed by atoms with Crippen molar-refractivity contribution in [3.8, 4) is 0 Å². The summed E-state index contributed by atoms with van der Waals surface area (Å²) in [5.41, 5.74) is -0.0404. The van der Waals surface area contributed by atoms with Crippen LogP contribution < -0.4 is 0 Å². The number of hydrogen-bond acceptors (Lipinski definition) is 1. The summed E-state index contributed by atoms with van der Waals surface area (Å²) in [5, 5.41) is 9.23. The number of fused-ring (bicyclic) bond motifs is 2. The molecule has 3 atom stereocenters. The molecular formula is C12H18O2. The smallest absolute Gasteiger partial charge is 0.307 e. The molecule has 2 nitrogen and oxygen atoms in total. The van der Waals surface area contributed by atoms with Gasteiger partial charge in [0.05, 0.1) is 5.92 Å². The third-order valence-electron chi connectivity index (χ3n) is 4.12. The molecule has 2 aliphatic carbocycles. The zero-order valence-corrected chi connectivity index (χ0v) is 9.08. The highest BCUT2D eigenvalue weighted by atomic mass is 16.4. The van der Waals surface area contributed by atoms with Gasteiger partial charge in [-0.15, -0.1) is 0 Å². The maximum absolute atomic E-state index is 11.2. The lowest BCUT2D eigenvalue weighted by atomic mass is 9.61. The Kier molecular flexibility index (Phi) is 1.82. The molecule has 0 heterocycles. The fraction of sp³-hybridized carbons (Fsp3) is 0.750. The summed E-state index contributed by atoms with van der Waals surface area (Å²) in [6.45, 7) is 6.46. The monoisotopic (exact) mass is 194 g/mol. The van der Waals surface area contributed by atoms with E-state index in [2.05, 4.69) is 32.9 Å². The van der Waals surface area contributed by atoms with Gasteiger partial charge in [-0.3, -0.25) is 4.79 Å². The Balaban J connectivity index is 2.41. The Bertz CT molecular complexity index is 298. The molecule has 0 aromatic heterocycles. The van der Waals surface area contributed by atoms with Crippen LogP contribution in [0.3, 0.4) is 0 Å². The van der Waals surface area contributed by atoms with E-state index >= 15 is 0 Å². The van der Waals surface area contributed by atoms with Gasteiger partial charge in [-0.2, -0.15) is 0 Å². The van der Waals surface area contributed by atoms with Crippen LogP contribution in [0.25, 0.3) is 0 Å². The highest BCUT2D eigenvalue weighted by Gasteiger charge is 2.57. The first-order valence-corrected chi connectivity index (χ1v) is 5.29. The van der Waals surface area contributed by atoms with E-state index in [4.69, 9.17) is 0 Å². The third kappa shape index (κ3) is 1.06. The molecule has 2 aliphatic rings. The van der Waals surface area contributed by atoms with E-state index in [1.807, 2.05) is 0 Å². The number of aliphatic carboxylic acids is 1. The van der Waals surface area contributed by atoms with E-state index in [1.165, 1.54) is 0 Å². The molecule has 1 N–H and O–H groups in total. The van der Waals surface area contributed by atoms with Crippen LogP contribution in [-0.4, -0.2) is 11.1 Å². The van der Waals surface area contributed by atoms with E-state index in [1.54, 1.807) is 0 Å². The number of allylic oxidation sites excluding steroid dienone is 2. The Morgan fingerprint density at radius 1 is 1.50 bits per heavy atom. The van der Waals surface area contributed by atoms with Gasteiger partial charge in [-0.25, -0.2) is 0 Å². The fourth-order valence-electron chi connectivity index (χ4n) is 3.21. The molecule has 0 aromatic rings. The van der Waals surface area contributed by atoms with Crippen molar-refractivity contribution in [2.24, 2.45) is 22.7 Å². The Hall–Kier alpha value is -0.790. The van der Waals surface area contributed by atoms with E-state index in [-0.39, 0.29) is 16.7 Å². The van der Waals surface area contributed by atoms with Gasteiger partial charge in [0.2, 0.25) is 0 Å². The normalized spacial score (nSPS) is 40.5. The second-order valence-corrected chi connectivity index (χ2v) is 5.74. The van der Waals surface area contributed by atoms with Gasteiger partial charge in [0.1, 0.15) is 0 Å². The largest absolute Gasteiger partial charge is 0.481 e. The topological polar surface area (TPSA) is 37.3 Å². The average Bonchev–Trinajstić information content (AvgIpc) is 2.58. The zero-order chi connectivity index (χ0) is 10.6. The molecule has 78 valence electrons. The van der Waals surface area contributed by atoms with Crippen LogP contribution in [0.1, 0.15) is 33.6 Å². The summed E-state index contributed by atoms with van der Waals surface area (Å²) in [5.74, 6) is -0.278. The lowest BCUT2D eigenvalue weighted by Crippen LogP contribution is -2.40. The second-order valence-electron chi connectivity index (χ2n) is 5.74. The minimum atomic E-state index is -0.619. The quantitative estimate of drug-likeness (QED) is 0.652. The van der Waals surface area contributed by atoms with Crippen LogP contribution in [0, 0.1) is 22.7 Å². The first-order chi connectivity index (χ1) is 6.37. The van der Waals surface area contributed by atoms with Gasteiger partial charge in [0.15, 0.2) is 0 Å². The lowest BCUT2D eigenvalue weighted by molar-refractivity contribution is -0.147. The van der Waals surface area contributed by atoms with Gasteiger partial charge in [0, 0.05) is 5.41 Å². The molecule has 0 aliphatic heterocycles. The molecule has 0 radical (unpaired) electrons. The van der Waals surface area contributed by atoms with Crippen LogP contribution in [0.5, 0.6) is 0 Å². The first kappa shape index (κ1) is 9.75. The van der Waals surface area contributed by atoms with Crippen molar-refractivity contribution in [2.45, 2.75) is 33.6 Å². The van der Waals surface area contributed by atoms with Gasteiger partial charge < -0.3 is 5.11 Å². The first-order valence-electron chi connectivity index (χ1n) is 5.29. The Morgan fingerprint density at radius 2 is 2.14 bits per heavy atom. The van der Waals surface area contributed by atoms with E-state index in [9.17, 15) is 9.90 Å². The maximum Gasteiger partial charge on any atom is 0.307 e. The van der Waals surface area contributed by atoms with Crippen LogP contribution in [0.2, 0.25) is 0 Å². The van der Waals surface area contributed by atoms with Crippen molar-refractivity contribution >= 4 is 5.97 Å². The summed E-state index contributed by atoms with van der Waals surface area (Å²) < 4.78 is 0. The SMILES string of the molecule is CC(C)(C)C12C=CC(CC1C(=O)O)C2. The second kappa shape index (κ2) is 2.62. The molecule has 0 amide bonds. The van der Waals surface area contributed by atoms with Crippen LogP contribution in [0.15, 0.2) is 12.2 Å². The maximum atomic E-state index is 11.2. The van der Waals surface area contributed by atoms with Crippen molar-refractivity contribution < 1.29 is 9.90 Å². The molecule has 1 saturated carbocycles. The van der Waals surface area contributed by atoms with Crippen LogP contribution in [0.4, 0.5) is 0 Å². The summed E-state index contributed by atoms with van der Waals surface area (Å²) >= 11 is 0. The van der Waals surface area contributed by atoms with Crippen LogP contribution >= 0.6 is 0 Å². The molecule has 14 heavy (non-hydrogen) atoms. The molecule has 2 rings (SSSR count). The van der Waals surface area contributed by atoms with E-state index in [0.717, 1.165) is 12.8 Å². The minimum Gasteiger partial charge on any atom is -0.481 e. The standard InChI is InChI=1S/C12H18O2/c1-11(2,3)12-5-4-8(7-12)6-9(12)10(13)14/h4-5,8-9H,6-7H2,1-3H3,(H,13,14). The van der Waals surface area contributed by atoms with Gasteiger partial charge in [0.25, 0.3) is 0 Å². The molecule has 2 heteroatoms. The van der Waals surface area contributed by atoms with Crippen molar-refractivity contribution in [2.75, 3.05) is 0 Å². The van der Waals surface area contributed by atoms with E-state index < -0.39 is 5.97 Å². The van der Waals surface area contributed by atoms with Gasteiger partial charge in [-0.05, 0) is 24.2 Å². The fourth-order valence-corrected chi connectivity index (χ4v) is 3.21. The highest BCUT2D eigenvalue weighted by Crippen LogP contribution is 2.61. The molecule has 0 saturated heterocycles. The molecule has 0 spiro atoms. The molecule has 3 unspecified atom stereocenters. The van der Waals surface area contributed by atoms with Crippen molar-refractivity contribution in [1.29, 1.82) is 0 Å². The predicted octanol–water partition coefficient (Wildman–Crippen LogP) is 2.70. The van der Waals surface area contributed by atoms with Crippen molar-refractivity contribution in [3.05, 3.63) is 12.2 Å². The molecular weight excluding hydrogens is 176 g/mol. The lowest BCUT2D eigenvalue weighted by Gasteiger charge is -2.42. The Morgan fingerprint density at radius 3 is 2.50 bits per heavy atom. The predicted molar refractivity (Wildman–Crippen MR) is 54.9 cm³/mol. The highest BCUT2D eigenvalue weighted by molar-refractivity contribution is 5.73. The van der Waals surface area contributed by atoms with Crippen molar-refractivity contribution in [1.82, 2.24) is 0 Å². The average molecular weight is 194 g/mol. The third-order valence-corrected chi connectivity index (χ3v) is 4.12. The summed E-state index contributed by atoms with van der Waals surface area (Å²) in [7, 11) is 0. The molecule has 1 fully saturated rings. The number of rotatable bonds is 1. The number of carboxylic acids is 1. The van der Waals surface area contributed by atoms with Gasteiger partial charge in [-0.1, -0.05) is 32.9 Å². The number of carboxylic acid groups (broad SMARTS) is 1. The van der Waals surface area contributed by atoms with Crippen molar-refractivity contribution in [3.63, 3.8) is 0 Å². The van der Waals surface area contributed by atoms with Crippen LogP contribution in [-0.2, 0) is 4.79 Å². The summed E-state index contributed by atoms with van der Waals surface area (Å²) in [6.07, 6.45) is 6.25. The minimum absolute atomic E-state index is 0.0534. The Labute approximate surface area is 85.0 Å². The summed E-state index contributed by atoms with van der Waals surface area (Å²) in [4.78, 5) is 11.2.